The Morgan fingerprint density at radius 1 is 1.00 bits per heavy atom. The third-order valence-electron chi connectivity index (χ3n) is 4.34. The average molecular weight is 396 g/mol. The van der Waals surface area contributed by atoms with Crippen molar-refractivity contribution in [3.8, 4) is 0 Å². The van der Waals surface area contributed by atoms with Gasteiger partial charge in [0.1, 0.15) is 5.82 Å². The number of halogens is 2. The van der Waals surface area contributed by atoms with Crippen LogP contribution in [0.1, 0.15) is 11.4 Å². The SMILES string of the molecule is O=C(Nc1ccc(Cl)c(Cl)c1)n1ccnc1Cc1cccc2ccccc12. The summed E-state index contributed by atoms with van der Waals surface area (Å²) in [6.45, 7) is 0. The summed E-state index contributed by atoms with van der Waals surface area (Å²) >= 11 is 11.9. The van der Waals surface area contributed by atoms with Gasteiger partial charge >= 0.3 is 6.03 Å². The number of fused-ring (bicyclic) bond motifs is 1. The van der Waals surface area contributed by atoms with Crippen LogP contribution >= 0.6 is 23.2 Å². The predicted molar refractivity (Wildman–Crippen MR) is 110 cm³/mol. The van der Waals surface area contributed by atoms with Crippen molar-refractivity contribution in [1.82, 2.24) is 9.55 Å². The molecule has 0 bridgehead atoms. The topological polar surface area (TPSA) is 46.9 Å². The molecule has 0 spiro atoms. The van der Waals surface area contributed by atoms with E-state index in [0.29, 0.717) is 28.0 Å². The number of nitrogens with one attached hydrogen (secondary N) is 1. The Kier molecular flexibility index (Phi) is 4.84. The van der Waals surface area contributed by atoms with Gasteiger partial charge in [-0.2, -0.15) is 0 Å². The molecule has 1 N–H and O–H groups in total. The first-order valence-electron chi connectivity index (χ1n) is 8.37. The fourth-order valence-electron chi connectivity index (χ4n) is 3.02. The maximum absolute atomic E-state index is 12.7. The highest BCUT2D eigenvalue weighted by Crippen LogP contribution is 2.25. The van der Waals surface area contributed by atoms with Gasteiger partial charge in [0, 0.05) is 24.5 Å². The maximum atomic E-state index is 12.7. The first-order valence-corrected chi connectivity index (χ1v) is 9.13. The summed E-state index contributed by atoms with van der Waals surface area (Å²) in [6, 6.07) is 19.0. The van der Waals surface area contributed by atoms with E-state index in [1.54, 1.807) is 30.6 Å². The maximum Gasteiger partial charge on any atom is 0.331 e. The quantitative estimate of drug-likeness (QED) is 0.461. The van der Waals surface area contributed by atoms with Gasteiger partial charge in [-0.1, -0.05) is 65.7 Å². The summed E-state index contributed by atoms with van der Waals surface area (Å²) in [5, 5.41) is 5.95. The highest BCUT2D eigenvalue weighted by Gasteiger charge is 2.13. The van der Waals surface area contributed by atoms with Crippen molar-refractivity contribution in [2.45, 2.75) is 6.42 Å². The molecule has 4 nitrogen and oxygen atoms in total. The molecule has 1 aromatic heterocycles. The monoisotopic (exact) mass is 395 g/mol. The lowest BCUT2D eigenvalue weighted by atomic mass is 10.0. The molecular weight excluding hydrogens is 381 g/mol. The molecule has 1 amide bonds. The van der Waals surface area contributed by atoms with E-state index in [0.717, 1.165) is 16.3 Å². The van der Waals surface area contributed by atoms with Gasteiger partial charge in [-0.15, -0.1) is 0 Å². The number of carbonyl (C=O) groups is 1. The smallest absolute Gasteiger partial charge is 0.307 e. The van der Waals surface area contributed by atoms with Gasteiger partial charge in [0.25, 0.3) is 0 Å². The van der Waals surface area contributed by atoms with Crippen LogP contribution in [0.5, 0.6) is 0 Å². The van der Waals surface area contributed by atoms with Gasteiger partial charge in [-0.25, -0.2) is 9.78 Å². The molecular formula is C21H15Cl2N3O. The largest absolute Gasteiger partial charge is 0.331 e. The van der Waals surface area contributed by atoms with Gasteiger partial charge in [0.15, 0.2) is 0 Å². The van der Waals surface area contributed by atoms with Crippen LogP contribution in [0.15, 0.2) is 73.1 Å². The van der Waals surface area contributed by atoms with Gasteiger partial charge in [0.05, 0.1) is 10.0 Å². The number of imidazole rings is 1. The lowest BCUT2D eigenvalue weighted by Crippen LogP contribution is -2.21. The van der Waals surface area contributed by atoms with E-state index in [9.17, 15) is 4.79 Å². The first-order chi connectivity index (χ1) is 13.1. The summed E-state index contributed by atoms with van der Waals surface area (Å²) in [7, 11) is 0. The van der Waals surface area contributed by atoms with E-state index in [1.165, 1.54) is 4.57 Å². The molecule has 0 unspecified atom stereocenters. The van der Waals surface area contributed by atoms with Gasteiger partial charge in [-0.3, -0.25) is 4.57 Å². The number of nitrogens with zero attached hydrogens (tertiary/aromatic N) is 2. The Morgan fingerprint density at radius 3 is 2.67 bits per heavy atom. The minimum atomic E-state index is -0.305. The number of amides is 1. The summed E-state index contributed by atoms with van der Waals surface area (Å²) in [5.41, 5.74) is 1.68. The van der Waals surface area contributed by atoms with Gasteiger partial charge < -0.3 is 5.32 Å². The van der Waals surface area contributed by atoms with E-state index in [1.807, 2.05) is 18.2 Å². The van der Waals surface area contributed by atoms with Crippen LogP contribution in [0.4, 0.5) is 10.5 Å². The Morgan fingerprint density at radius 2 is 1.81 bits per heavy atom. The zero-order chi connectivity index (χ0) is 18.8. The minimum Gasteiger partial charge on any atom is -0.307 e. The Bertz CT molecular complexity index is 1130. The summed E-state index contributed by atoms with van der Waals surface area (Å²) in [4.78, 5) is 17.0. The molecule has 0 saturated carbocycles. The van der Waals surface area contributed by atoms with E-state index in [4.69, 9.17) is 23.2 Å². The number of anilines is 1. The highest BCUT2D eigenvalue weighted by molar-refractivity contribution is 6.42. The first kappa shape index (κ1) is 17.6. The second-order valence-electron chi connectivity index (χ2n) is 6.09. The van der Waals surface area contributed by atoms with Crippen molar-refractivity contribution < 1.29 is 4.79 Å². The normalized spacial score (nSPS) is 10.9. The van der Waals surface area contributed by atoms with Crippen molar-refractivity contribution in [3.05, 3.63) is 94.5 Å². The van der Waals surface area contributed by atoms with Crippen molar-refractivity contribution >= 4 is 45.7 Å². The van der Waals surface area contributed by atoms with Gasteiger partial charge in [0.2, 0.25) is 0 Å². The molecule has 4 rings (SSSR count). The minimum absolute atomic E-state index is 0.305. The average Bonchev–Trinajstić information content (AvgIpc) is 3.13. The number of hydrogen-bond acceptors (Lipinski definition) is 2. The summed E-state index contributed by atoms with van der Waals surface area (Å²) in [5.74, 6) is 0.656. The number of rotatable bonds is 3. The third-order valence-corrected chi connectivity index (χ3v) is 5.07. The summed E-state index contributed by atoms with van der Waals surface area (Å²) in [6.07, 6.45) is 3.81. The van der Waals surface area contributed by atoms with Crippen molar-refractivity contribution in [2.24, 2.45) is 0 Å². The van der Waals surface area contributed by atoms with E-state index in [2.05, 4.69) is 34.6 Å². The lowest BCUT2D eigenvalue weighted by Gasteiger charge is -2.11. The number of carbonyl (C=O) groups excluding carboxylic acids is 1. The van der Waals surface area contributed by atoms with E-state index >= 15 is 0 Å². The number of aromatic nitrogens is 2. The zero-order valence-corrected chi connectivity index (χ0v) is 15.7. The molecule has 3 aromatic carbocycles. The molecule has 0 atom stereocenters. The number of hydrogen-bond donors (Lipinski definition) is 1. The van der Waals surface area contributed by atoms with Crippen molar-refractivity contribution in [3.63, 3.8) is 0 Å². The Balaban J connectivity index is 1.60. The zero-order valence-electron chi connectivity index (χ0n) is 14.2. The molecule has 4 aromatic rings. The van der Waals surface area contributed by atoms with E-state index < -0.39 is 0 Å². The van der Waals surface area contributed by atoms with Crippen LogP contribution in [-0.4, -0.2) is 15.6 Å². The van der Waals surface area contributed by atoms with Crippen LogP contribution < -0.4 is 5.32 Å². The molecule has 0 radical (unpaired) electrons. The lowest BCUT2D eigenvalue weighted by molar-refractivity contribution is 0.253. The predicted octanol–water partition coefficient (Wildman–Crippen LogP) is 6.01. The molecule has 0 saturated heterocycles. The molecule has 6 heteroatoms. The highest BCUT2D eigenvalue weighted by atomic mass is 35.5. The van der Waals surface area contributed by atoms with Crippen LogP contribution in [0.3, 0.4) is 0 Å². The standard InChI is InChI=1S/C21H15Cl2N3O/c22-18-9-8-16(13-19(18)23)25-21(27)26-11-10-24-20(26)12-15-6-3-5-14-4-1-2-7-17(14)15/h1-11,13H,12H2,(H,25,27). The molecule has 0 aliphatic rings. The van der Waals surface area contributed by atoms with Crippen LogP contribution in [-0.2, 0) is 6.42 Å². The molecule has 27 heavy (non-hydrogen) atoms. The second kappa shape index (κ2) is 7.43. The molecule has 0 fully saturated rings. The van der Waals surface area contributed by atoms with Crippen molar-refractivity contribution in [2.75, 3.05) is 5.32 Å². The van der Waals surface area contributed by atoms with E-state index in [-0.39, 0.29) is 6.03 Å². The van der Waals surface area contributed by atoms with Gasteiger partial charge in [-0.05, 0) is 34.5 Å². The molecule has 1 heterocycles. The number of benzene rings is 3. The van der Waals surface area contributed by atoms with Crippen molar-refractivity contribution in [1.29, 1.82) is 0 Å². The Labute approximate surface area is 166 Å². The molecule has 0 aliphatic heterocycles. The fraction of sp³-hybridized carbons (Fsp3) is 0.0476. The fourth-order valence-corrected chi connectivity index (χ4v) is 3.32. The third kappa shape index (κ3) is 3.68. The Hall–Kier alpha value is -2.82. The molecule has 0 aliphatic carbocycles. The van der Waals surface area contributed by atoms with Crippen LogP contribution in [0.2, 0.25) is 10.0 Å². The second-order valence-corrected chi connectivity index (χ2v) is 6.90. The summed E-state index contributed by atoms with van der Waals surface area (Å²) < 4.78 is 1.50. The molecule has 134 valence electrons. The van der Waals surface area contributed by atoms with Crippen LogP contribution in [0, 0.1) is 0 Å². The van der Waals surface area contributed by atoms with Crippen LogP contribution in [0.25, 0.3) is 10.8 Å².